The van der Waals surface area contributed by atoms with Crippen LogP contribution in [0.15, 0.2) is 24.3 Å². The van der Waals surface area contributed by atoms with Crippen LogP contribution < -0.4 is 5.32 Å². The van der Waals surface area contributed by atoms with Gasteiger partial charge in [0, 0.05) is 20.0 Å². The van der Waals surface area contributed by atoms with E-state index in [-0.39, 0.29) is 5.91 Å². The van der Waals surface area contributed by atoms with Crippen molar-refractivity contribution in [3.63, 3.8) is 0 Å². The summed E-state index contributed by atoms with van der Waals surface area (Å²) >= 11 is 0. The first-order chi connectivity index (χ1) is 13.1. The molecule has 2 amide bonds. The van der Waals surface area contributed by atoms with Gasteiger partial charge in [0.2, 0.25) is 5.91 Å². The van der Waals surface area contributed by atoms with Gasteiger partial charge in [-0.25, -0.2) is 9.18 Å². The third-order valence-corrected chi connectivity index (χ3v) is 4.15. The van der Waals surface area contributed by atoms with Crippen LogP contribution >= 0.6 is 0 Å². The van der Waals surface area contributed by atoms with E-state index < -0.39 is 35.6 Å². The van der Waals surface area contributed by atoms with E-state index in [1.807, 2.05) is 0 Å². The van der Waals surface area contributed by atoms with Gasteiger partial charge in [0.1, 0.15) is 11.4 Å². The number of amides is 2. The van der Waals surface area contributed by atoms with Crippen LogP contribution in [-0.4, -0.2) is 47.6 Å². The standard InChI is InChI=1S/C20H27FN2O5/c1-13(24)27-17(14-7-9-15(21)10-8-14)16(18(25)23-11-5-6-12-23)22-19(26)28-20(2,3)4/h7-10,16-17H,5-6,11-12H2,1-4H3,(H,22,26)/t16-,17+/m1/s1. The molecule has 2 rings (SSSR count). The number of nitrogens with zero attached hydrogens (tertiary/aromatic N) is 1. The van der Waals surface area contributed by atoms with Crippen LogP contribution in [0.4, 0.5) is 9.18 Å². The Morgan fingerprint density at radius 2 is 1.68 bits per heavy atom. The van der Waals surface area contributed by atoms with Gasteiger partial charge in [0.15, 0.2) is 12.1 Å². The van der Waals surface area contributed by atoms with Gasteiger partial charge >= 0.3 is 12.1 Å². The summed E-state index contributed by atoms with van der Waals surface area (Å²) in [5, 5.41) is 2.55. The number of esters is 1. The third-order valence-electron chi connectivity index (χ3n) is 4.15. The highest BCUT2D eigenvalue weighted by Crippen LogP contribution is 2.25. The molecule has 1 aromatic carbocycles. The molecular formula is C20H27FN2O5. The molecule has 0 aromatic heterocycles. The number of halogens is 1. The number of carbonyl (C=O) groups is 3. The van der Waals surface area contributed by atoms with Gasteiger partial charge in [-0.1, -0.05) is 12.1 Å². The van der Waals surface area contributed by atoms with Gasteiger partial charge in [-0.05, 0) is 51.3 Å². The van der Waals surface area contributed by atoms with Gasteiger partial charge in [-0.2, -0.15) is 0 Å². The lowest BCUT2D eigenvalue weighted by Gasteiger charge is -2.31. The maximum absolute atomic E-state index is 13.3. The summed E-state index contributed by atoms with van der Waals surface area (Å²) in [7, 11) is 0. The molecule has 0 bridgehead atoms. The van der Waals surface area contributed by atoms with E-state index in [2.05, 4.69) is 5.32 Å². The lowest BCUT2D eigenvalue weighted by molar-refractivity contribution is -0.152. The van der Waals surface area contributed by atoms with Crippen molar-refractivity contribution in [2.75, 3.05) is 13.1 Å². The minimum Gasteiger partial charge on any atom is -0.455 e. The molecule has 7 nitrogen and oxygen atoms in total. The molecule has 1 saturated heterocycles. The Morgan fingerprint density at radius 1 is 1.11 bits per heavy atom. The number of carbonyl (C=O) groups excluding carboxylic acids is 3. The summed E-state index contributed by atoms with van der Waals surface area (Å²) in [6.07, 6.45) is -0.192. The second kappa shape index (κ2) is 9.03. The number of nitrogens with one attached hydrogen (secondary N) is 1. The average Bonchev–Trinajstić information content (AvgIpc) is 3.11. The van der Waals surface area contributed by atoms with Crippen molar-refractivity contribution in [1.29, 1.82) is 0 Å². The van der Waals surface area contributed by atoms with Crippen molar-refractivity contribution in [1.82, 2.24) is 10.2 Å². The van der Waals surface area contributed by atoms with Crippen LogP contribution in [0.1, 0.15) is 52.2 Å². The fraction of sp³-hybridized carbons (Fsp3) is 0.550. The zero-order chi connectivity index (χ0) is 20.9. The molecule has 0 spiro atoms. The predicted molar refractivity (Wildman–Crippen MR) is 99.9 cm³/mol. The molecule has 1 aromatic rings. The summed E-state index contributed by atoms with van der Waals surface area (Å²) in [4.78, 5) is 38.8. The predicted octanol–water partition coefficient (Wildman–Crippen LogP) is 2.95. The molecule has 2 atom stereocenters. The minimum absolute atomic E-state index is 0.376. The quantitative estimate of drug-likeness (QED) is 0.776. The average molecular weight is 394 g/mol. The Hall–Kier alpha value is -2.64. The summed E-state index contributed by atoms with van der Waals surface area (Å²) in [6, 6.07) is 4.06. The molecule has 1 N–H and O–H groups in total. The van der Waals surface area contributed by atoms with E-state index in [0.29, 0.717) is 18.7 Å². The fourth-order valence-electron chi connectivity index (χ4n) is 3.00. The molecule has 154 valence electrons. The minimum atomic E-state index is -1.19. The van der Waals surface area contributed by atoms with Crippen LogP contribution in [0.25, 0.3) is 0 Å². The van der Waals surface area contributed by atoms with Crippen molar-refractivity contribution in [3.8, 4) is 0 Å². The second-order valence-electron chi connectivity index (χ2n) is 7.74. The molecule has 8 heteroatoms. The Morgan fingerprint density at radius 3 is 2.18 bits per heavy atom. The Balaban J connectivity index is 2.35. The number of rotatable bonds is 5. The number of hydrogen-bond acceptors (Lipinski definition) is 5. The Bertz CT molecular complexity index is 708. The molecule has 1 heterocycles. The lowest BCUT2D eigenvalue weighted by Crippen LogP contribution is -2.52. The number of likely N-dealkylation sites (tertiary alicyclic amines) is 1. The zero-order valence-corrected chi connectivity index (χ0v) is 16.7. The van der Waals surface area contributed by atoms with E-state index >= 15 is 0 Å². The van der Waals surface area contributed by atoms with Crippen molar-refractivity contribution >= 4 is 18.0 Å². The highest BCUT2D eigenvalue weighted by atomic mass is 19.1. The molecule has 0 unspecified atom stereocenters. The van der Waals surface area contributed by atoms with Crippen LogP contribution in [0.5, 0.6) is 0 Å². The maximum Gasteiger partial charge on any atom is 0.408 e. The molecule has 1 fully saturated rings. The van der Waals surface area contributed by atoms with Gasteiger partial charge in [0.25, 0.3) is 0 Å². The first-order valence-corrected chi connectivity index (χ1v) is 9.28. The number of benzene rings is 1. The number of alkyl carbamates (subject to hydrolysis) is 1. The van der Waals surface area contributed by atoms with Crippen LogP contribution in [0.3, 0.4) is 0 Å². The molecular weight excluding hydrogens is 367 g/mol. The molecule has 1 aliphatic heterocycles. The van der Waals surface area contributed by atoms with Crippen molar-refractivity contribution in [3.05, 3.63) is 35.6 Å². The molecule has 28 heavy (non-hydrogen) atoms. The molecule has 0 aliphatic carbocycles. The Kier molecular flexibility index (Phi) is 6.99. The highest BCUT2D eigenvalue weighted by Gasteiger charge is 2.38. The topological polar surface area (TPSA) is 84.9 Å². The summed E-state index contributed by atoms with van der Waals surface area (Å²) in [5.41, 5.74) is -0.372. The fourth-order valence-corrected chi connectivity index (χ4v) is 3.00. The number of ether oxygens (including phenoxy) is 2. The second-order valence-corrected chi connectivity index (χ2v) is 7.74. The van der Waals surface area contributed by atoms with Gasteiger partial charge < -0.3 is 19.7 Å². The van der Waals surface area contributed by atoms with Crippen molar-refractivity contribution in [2.45, 2.75) is 58.3 Å². The largest absolute Gasteiger partial charge is 0.455 e. The maximum atomic E-state index is 13.3. The van der Waals surface area contributed by atoms with E-state index in [1.165, 1.54) is 31.2 Å². The van der Waals surface area contributed by atoms with Crippen LogP contribution in [0.2, 0.25) is 0 Å². The normalized spacial score (nSPS) is 16.2. The monoisotopic (exact) mass is 394 g/mol. The molecule has 0 saturated carbocycles. The first kappa shape index (κ1) is 21.7. The van der Waals surface area contributed by atoms with Crippen molar-refractivity contribution < 1.29 is 28.2 Å². The number of hydrogen-bond donors (Lipinski definition) is 1. The van der Waals surface area contributed by atoms with E-state index in [4.69, 9.17) is 9.47 Å². The van der Waals surface area contributed by atoms with Gasteiger partial charge in [-0.3, -0.25) is 9.59 Å². The highest BCUT2D eigenvalue weighted by molar-refractivity contribution is 5.87. The summed E-state index contributed by atoms with van der Waals surface area (Å²) < 4.78 is 24.0. The third kappa shape index (κ3) is 6.21. The SMILES string of the molecule is CC(=O)O[C@@H](c1ccc(F)cc1)[C@@H](NC(=O)OC(C)(C)C)C(=O)N1CCCC1. The van der Waals surface area contributed by atoms with Gasteiger partial charge in [0.05, 0.1) is 0 Å². The summed E-state index contributed by atoms with van der Waals surface area (Å²) in [6.45, 7) is 7.43. The Labute approximate surface area is 164 Å². The van der Waals surface area contributed by atoms with E-state index in [9.17, 15) is 18.8 Å². The molecule has 1 aliphatic rings. The lowest BCUT2D eigenvalue weighted by atomic mass is 10.0. The van der Waals surface area contributed by atoms with E-state index in [1.54, 1.807) is 25.7 Å². The van der Waals surface area contributed by atoms with Gasteiger partial charge in [-0.15, -0.1) is 0 Å². The van der Waals surface area contributed by atoms with E-state index in [0.717, 1.165) is 12.8 Å². The molecule has 0 radical (unpaired) electrons. The zero-order valence-electron chi connectivity index (χ0n) is 16.7. The van der Waals surface area contributed by atoms with Crippen LogP contribution in [-0.2, 0) is 19.1 Å². The first-order valence-electron chi connectivity index (χ1n) is 9.28. The van der Waals surface area contributed by atoms with Crippen molar-refractivity contribution in [2.24, 2.45) is 0 Å². The smallest absolute Gasteiger partial charge is 0.408 e. The summed E-state index contributed by atoms with van der Waals surface area (Å²) in [5.74, 6) is -1.47. The van der Waals surface area contributed by atoms with Crippen LogP contribution in [0, 0.1) is 5.82 Å².